The summed E-state index contributed by atoms with van der Waals surface area (Å²) in [6.45, 7) is 4.62. The van der Waals surface area contributed by atoms with E-state index in [-0.39, 0.29) is 24.1 Å². The second-order valence-electron chi connectivity index (χ2n) is 5.47. The number of aliphatic hydroxyl groups excluding tert-OH is 1. The minimum Gasteiger partial charge on any atom is -0.508 e. The van der Waals surface area contributed by atoms with E-state index >= 15 is 0 Å². The third-order valence-electron chi connectivity index (χ3n) is 3.96. The van der Waals surface area contributed by atoms with Gasteiger partial charge in [0.05, 0.1) is 6.61 Å². The Morgan fingerprint density at radius 1 is 1.30 bits per heavy atom. The molecule has 0 saturated carbocycles. The molecule has 2 atom stereocenters. The molecular weight excluding hydrogens is 256 g/mol. The van der Waals surface area contributed by atoms with E-state index in [1.165, 1.54) is 12.5 Å². The lowest BCUT2D eigenvalue weighted by Gasteiger charge is -2.31. The topological polar surface area (TPSA) is 76.0 Å². The highest BCUT2D eigenvalue weighted by Gasteiger charge is 2.22. The Kier molecular flexibility index (Phi) is 5.23. The van der Waals surface area contributed by atoms with E-state index in [0.29, 0.717) is 12.6 Å². The van der Waals surface area contributed by atoms with Crippen molar-refractivity contribution in [2.24, 2.45) is 0 Å². The van der Waals surface area contributed by atoms with Crippen LogP contribution in [0.15, 0.2) is 18.2 Å². The van der Waals surface area contributed by atoms with Crippen molar-refractivity contribution in [2.45, 2.75) is 31.8 Å². The predicted molar refractivity (Wildman–Crippen MR) is 77.9 cm³/mol. The first-order chi connectivity index (χ1) is 9.60. The zero-order chi connectivity index (χ0) is 14.5. The molecule has 1 aromatic rings. The van der Waals surface area contributed by atoms with Crippen LogP contribution in [0.5, 0.6) is 11.5 Å². The van der Waals surface area contributed by atoms with Crippen molar-refractivity contribution in [3.8, 4) is 11.5 Å². The fraction of sp³-hybridized carbons (Fsp3) is 0.600. The Morgan fingerprint density at radius 2 is 2.00 bits per heavy atom. The van der Waals surface area contributed by atoms with Gasteiger partial charge in [-0.05, 0) is 44.0 Å². The molecule has 1 heterocycles. The Bertz CT molecular complexity index is 413. The number of hydrogen-bond acceptors (Lipinski definition) is 5. The molecule has 20 heavy (non-hydrogen) atoms. The minimum atomic E-state index is 0.0301. The van der Waals surface area contributed by atoms with Crippen molar-refractivity contribution in [1.29, 1.82) is 0 Å². The molecule has 0 bridgehead atoms. The molecule has 2 rings (SSSR count). The molecule has 0 radical (unpaired) electrons. The van der Waals surface area contributed by atoms with Gasteiger partial charge in [0, 0.05) is 31.2 Å². The molecule has 4 N–H and O–H groups in total. The summed E-state index contributed by atoms with van der Waals surface area (Å²) in [5, 5.41) is 31.9. The largest absolute Gasteiger partial charge is 0.508 e. The molecule has 5 heteroatoms. The third kappa shape index (κ3) is 3.85. The Labute approximate surface area is 119 Å². The third-order valence-corrected chi connectivity index (χ3v) is 3.96. The highest BCUT2D eigenvalue weighted by atomic mass is 16.3. The quantitative estimate of drug-likeness (QED) is 0.630. The normalized spacial score (nSPS) is 20.4. The van der Waals surface area contributed by atoms with Crippen LogP contribution in [0.1, 0.15) is 31.4 Å². The summed E-state index contributed by atoms with van der Waals surface area (Å²) in [6.07, 6.45) is 2.35. The predicted octanol–water partition coefficient (Wildman–Crippen LogP) is 1.21. The molecule has 1 aliphatic rings. The number of nitrogens with zero attached hydrogens (tertiary/aromatic N) is 1. The van der Waals surface area contributed by atoms with E-state index in [0.717, 1.165) is 25.1 Å². The number of phenols is 2. The van der Waals surface area contributed by atoms with Gasteiger partial charge in [0.1, 0.15) is 11.5 Å². The van der Waals surface area contributed by atoms with E-state index in [4.69, 9.17) is 0 Å². The molecule has 1 aliphatic heterocycles. The van der Waals surface area contributed by atoms with E-state index < -0.39 is 0 Å². The van der Waals surface area contributed by atoms with Gasteiger partial charge in [-0.15, -0.1) is 0 Å². The van der Waals surface area contributed by atoms with Gasteiger partial charge < -0.3 is 20.6 Å². The lowest BCUT2D eigenvalue weighted by Crippen LogP contribution is -2.40. The molecule has 1 aromatic carbocycles. The summed E-state index contributed by atoms with van der Waals surface area (Å²) >= 11 is 0. The molecule has 0 aromatic heterocycles. The molecule has 1 fully saturated rings. The lowest BCUT2D eigenvalue weighted by molar-refractivity contribution is 0.147. The highest BCUT2D eigenvalue weighted by Crippen LogP contribution is 2.28. The second-order valence-corrected chi connectivity index (χ2v) is 5.47. The van der Waals surface area contributed by atoms with Crippen LogP contribution in [-0.2, 0) is 0 Å². The van der Waals surface area contributed by atoms with E-state index in [9.17, 15) is 15.3 Å². The first-order valence-corrected chi connectivity index (χ1v) is 7.21. The number of benzene rings is 1. The molecule has 112 valence electrons. The fourth-order valence-electron chi connectivity index (χ4n) is 2.84. The lowest BCUT2D eigenvalue weighted by atomic mass is 10.0. The number of nitrogens with one attached hydrogen (secondary N) is 1. The average molecular weight is 280 g/mol. The van der Waals surface area contributed by atoms with Crippen molar-refractivity contribution in [3.63, 3.8) is 0 Å². The maximum atomic E-state index is 9.60. The van der Waals surface area contributed by atoms with Gasteiger partial charge in [-0.3, -0.25) is 4.90 Å². The van der Waals surface area contributed by atoms with Crippen LogP contribution in [0.3, 0.4) is 0 Å². The molecule has 5 nitrogen and oxygen atoms in total. The Balaban J connectivity index is 2.09. The van der Waals surface area contributed by atoms with Gasteiger partial charge in [0.2, 0.25) is 0 Å². The molecular formula is C15H24N2O3. The van der Waals surface area contributed by atoms with Gasteiger partial charge in [0.25, 0.3) is 0 Å². The SMILES string of the molecule is CC(c1cc(O)cc(O)c1)N(CCO)CC1CCCN1. The summed E-state index contributed by atoms with van der Waals surface area (Å²) in [4.78, 5) is 2.18. The summed E-state index contributed by atoms with van der Waals surface area (Å²) in [5.41, 5.74) is 0.856. The molecule has 0 aliphatic carbocycles. The van der Waals surface area contributed by atoms with Crippen LogP contribution >= 0.6 is 0 Å². The fourth-order valence-corrected chi connectivity index (χ4v) is 2.84. The maximum Gasteiger partial charge on any atom is 0.119 e. The van der Waals surface area contributed by atoms with Gasteiger partial charge in [-0.1, -0.05) is 0 Å². The summed E-state index contributed by atoms with van der Waals surface area (Å²) < 4.78 is 0. The standard InChI is InChI=1S/C15H24N2O3/c1-11(12-7-14(19)9-15(20)8-12)17(5-6-18)10-13-3-2-4-16-13/h7-9,11,13,16,18-20H,2-6,10H2,1H3. The maximum absolute atomic E-state index is 9.60. The molecule has 1 saturated heterocycles. The monoisotopic (exact) mass is 280 g/mol. The van der Waals surface area contributed by atoms with Crippen LogP contribution in [0, 0.1) is 0 Å². The van der Waals surface area contributed by atoms with Crippen LogP contribution in [0.25, 0.3) is 0 Å². The van der Waals surface area contributed by atoms with Gasteiger partial charge >= 0.3 is 0 Å². The van der Waals surface area contributed by atoms with Crippen LogP contribution in [-0.4, -0.2) is 52.5 Å². The number of phenolic OH excluding ortho intramolecular Hbond substituents is 2. The van der Waals surface area contributed by atoms with Gasteiger partial charge in [-0.2, -0.15) is 0 Å². The second kappa shape index (κ2) is 6.92. The summed E-state index contributed by atoms with van der Waals surface area (Å²) in [6, 6.07) is 5.14. The van der Waals surface area contributed by atoms with E-state index in [1.807, 2.05) is 6.92 Å². The van der Waals surface area contributed by atoms with Crippen LogP contribution in [0.2, 0.25) is 0 Å². The van der Waals surface area contributed by atoms with Crippen molar-refractivity contribution in [2.75, 3.05) is 26.2 Å². The van der Waals surface area contributed by atoms with Crippen molar-refractivity contribution < 1.29 is 15.3 Å². The van der Waals surface area contributed by atoms with E-state index in [1.54, 1.807) is 12.1 Å². The van der Waals surface area contributed by atoms with Crippen LogP contribution in [0.4, 0.5) is 0 Å². The van der Waals surface area contributed by atoms with Crippen molar-refractivity contribution in [3.05, 3.63) is 23.8 Å². The zero-order valence-corrected chi connectivity index (χ0v) is 11.9. The van der Waals surface area contributed by atoms with Gasteiger partial charge in [0.15, 0.2) is 0 Å². The first kappa shape index (κ1) is 15.1. The number of aliphatic hydroxyl groups is 1. The zero-order valence-electron chi connectivity index (χ0n) is 11.9. The number of hydrogen-bond donors (Lipinski definition) is 4. The number of rotatable bonds is 6. The van der Waals surface area contributed by atoms with Crippen molar-refractivity contribution in [1.82, 2.24) is 10.2 Å². The Morgan fingerprint density at radius 3 is 2.55 bits per heavy atom. The summed E-state index contributed by atoms with van der Waals surface area (Å²) in [5.74, 6) is 0.129. The van der Waals surface area contributed by atoms with Gasteiger partial charge in [-0.25, -0.2) is 0 Å². The average Bonchev–Trinajstić information content (AvgIpc) is 2.89. The molecule has 0 spiro atoms. The minimum absolute atomic E-state index is 0.0301. The molecule has 0 amide bonds. The van der Waals surface area contributed by atoms with Crippen molar-refractivity contribution >= 4 is 0 Å². The Hall–Kier alpha value is -1.30. The highest BCUT2D eigenvalue weighted by molar-refractivity contribution is 5.38. The van der Waals surface area contributed by atoms with E-state index in [2.05, 4.69) is 10.2 Å². The van der Waals surface area contributed by atoms with Crippen LogP contribution < -0.4 is 5.32 Å². The smallest absolute Gasteiger partial charge is 0.119 e. The molecule has 2 unspecified atom stereocenters. The number of aromatic hydroxyl groups is 2. The first-order valence-electron chi connectivity index (χ1n) is 7.21. The summed E-state index contributed by atoms with van der Waals surface area (Å²) in [7, 11) is 0.